The van der Waals surface area contributed by atoms with Gasteiger partial charge in [0.2, 0.25) is 5.91 Å². The molecule has 2 saturated heterocycles. The first kappa shape index (κ1) is 27.0. The van der Waals surface area contributed by atoms with Crippen LogP contribution in [-0.2, 0) is 25.7 Å². The summed E-state index contributed by atoms with van der Waals surface area (Å²) < 4.78 is 11.8. The van der Waals surface area contributed by atoms with Crippen LogP contribution in [0.2, 0.25) is 0 Å². The quantitative estimate of drug-likeness (QED) is 0.381. The number of carbonyl (C=O) groups is 3. The molecule has 6 rings (SSSR count). The van der Waals surface area contributed by atoms with Gasteiger partial charge in [0.1, 0.15) is 18.2 Å². The van der Waals surface area contributed by atoms with Gasteiger partial charge in [0.25, 0.3) is 0 Å². The summed E-state index contributed by atoms with van der Waals surface area (Å²) in [5, 5.41) is 12.8. The third-order valence-electron chi connectivity index (χ3n) is 8.95. The predicted octanol–water partition coefficient (Wildman–Crippen LogP) is 5.11. The highest BCUT2D eigenvalue weighted by Crippen LogP contribution is 2.47. The van der Waals surface area contributed by atoms with E-state index in [1.54, 1.807) is 6.92 Å². The van der Waals surface area contributed by atoms with Crippen molar-refractivity contribution < 1.29 is 29.0 Å². The lowest BCUT2D eigenvalue weighted by molar-refractivity contribution is -0.157. The first-order chi connectivity index (χ1) is 19.9. The molecule has 2 atom stereocenters. The molecule has 2 heterocycles. The number of amides is 2. The highest BCUT2D eigenvalue weighted by Gasteiger charge is 2.60. The van der Waals surface area contributed by atoms with Crippen LogP contribution in [-0.4, -0.2) is 58.3 Å². The molecule has 2 bridgehead atoms. The Hall–Kier alpha value is -4.17. The number of rotatable bonds is 9. The Morgan fingerprint density at radius 2 is 1.51 bits per heavy atom. The topological polar surface area (TPSA) is 105 Å². The zero-order valence-electron chi connectivity index (χ0n) is 23.0. The molecule has 8 heteroatoms. The van der Waals surface area contributed by atoms with Gasteiger partial charge in [0.15, 0.2) is 0 Å². The molecule has 3 aromatic carbocycles. The Balaban J connectivity index is 1.20. The molecule has 41 heavy (non-hydrogen) atoms. The Bertz CT molecular complexity index is 1400. The van der Waals surface area contributed by atoms with Gasteiger partial charge in [0.05, 0.1) is 12.7 Å². The molecular weight excluding hydrogens is 520 g/mol. The maximum Gasteiger partial charge on any atom is 0.407 e. The van der Waals surface area contributed by atoms with E-state index in [0.717, 1.165) is 27.8 Å². The van der Waals surface area contributed by atoms with Crippen molar-refractivity contribution in [1.82, 2.24) is 10.2 Å². The van der Waals surface area contributed by atoms with Crippen molar-refractivity contribution in [2.45, 2.75) is 68.9 Å². The number of fused-ring (bicyclic) bond motifs is 5. The molecule has 8 nitrogen and oxygen atoms in total. The van der Waals surface area contributed by atoms with Crippen LogP contribution >= 0.6 is 0 Å². The van der Waals surface area contributed by atoms with Crippen molar-refractivity contribution in [3.63, 3.8) is 0 Å². The fourth-order valence-corrected chi connectivity index (χ4v) is 6.83. The normalized spacial score (nSPS) is 22.1. The van der Waals surface area contributed by atoms with Gasteiger partial charge in [0, 0.05) is 12.0 Å². The van der Waals surface area contributed by atoms with E-state index in [1.165, 1.54) is 4.90 Å². The summed E-state index contributed by atoms with van der Waals surface area (Å²) in [6.07, 6.45) is 0.625. The maximum absolute atomic E-state index is 14.0. The fraction of sp³-hybridized carbons (Fsp3) is 0.364. The number of ether oxygens (including phenoxy) is 2. The van der Waals surface area contributed by atoms with Crippen LogP contribution in [0.1, 0.15) is 55.2 Å². The number of carbonyl (C=O) groups excluding carboxylic acids is 2. The molecule has 2 fully saturated rings. The third-order valence-corrected chi connectivity index (χ3v) is 8.95. The average Bonchev–Trinajstić information content (AvgIpc) is 3.67. The molecule has 0 saturated carbocycles. The lowest BCUT2D eigenvalue weighted by Gasteiger charge is -2.35. The second kappa shape index (κ2) is 11.0. The summed E-state index contributed by atoms with van der Waals surface area (Å²) >= 11 is 0. The van der Waals surface area contributed by atoms with Crippen molar-refractivity contribution in [3.05, 3.63) is 95.6 Å². The van der Waals surface area contributed by atoms with E-state index in [4.69, 9.17) is 9.47 Å². The minimum Gasteiger partial charge on any atom is -0.479 e. The van der Waals surface area contributed by atoms with E-state index in [2.05, 4.69) is 17.4 Å². The van der Waals surface area contributed by atoms with Crippen molar-refractivity contribution in [1.29, 1.82) is 0 Å². The molecular formula is C33H34N2O6. The largest absolute Gasteiger partial charge is 0.479 e. The van der Waals surface area contributed by atoms with Crippen LogP contribution in [0.4, 0.5) is 4.79 Å². The van der Waals surface area contributed by atoms with Gasteiger partial charge in [-0.05, 0) is 60.4 Å². The van der Waals surface area contributed by atoms with Gasteiger partial charge < -0.3 is 24.8 Å². The lowest BCUT2D eigenvalue weighted by atomic mass is 9.88. The Labute approximate surface area is 239 Å². The van der Waals surface area contributed by atoms with Crippen LogP contribution in [0, 0.1) is 0 Å². The zero-order chi connectivity index (χ0) is 28.6. The number of alkyl carbamates (subject to hydrolysis) is 1. The van der Waals surface area contributed by atoms with Gasteiger partial charge in [-0.3, -0.25) is 4.79 Å². The second-order valence-electron chi connectivity index (χ2n) is 11.2. The van der Waals surface area contributed by atoms with E-state index in [9.17, 15) is 19.5 Å². The van der Waals surface area contributed by atoms with Crippen molar-refractivity contribution in [3.8, 4) is 11.1 Å². The molecule has 212 valence electrons. The van der Waals surface area contributed by atoms with Crippen molar-refractivity contribution in [2.24, 2.45) is 0 Å². The maximum atomic E-state index is 14.0. The molecule has 3 aromatic rings. The first-order valence-electron chi connectivity index (χ1n) is 14.2. The number of carboxylic acids is 1. The van der Waals surface area contributed by atoms with Gasteiger partial charge in [-0.15, -0.1) is 0 Å². The summed E-state index contributed by atoms with van der Waals surface area (Å²) in [6, 6.07) is 24.4. The van der Waals surface area contributed by atoms with Gasteiger partial charge in [-0.25, -0.2) is 9.59 Å². The van der Waals surface area contributed by atoms with E-state index in [-0.39, 0.29) is 25.2 Å². The number of carboxylic acid groups (broad SMARTS) is 1. The third kappa shape index (κ3) is 4.86. The van der Waals surface area contributed by atoms with Gasteiger partial charge in [-0.1, -0.05) is 78.9 Å². The minimum absolute atomic E-state index is 0.103. The number of benzene rings is 3. The number of hydrogen-bond donors (Lipinski definition) is 2. The standard InChI is InChI=1S/C33H34N2O6/c1-21(40-19-22-9-3-2-4-10-22)29(30(36)35-23-15-17-33(35,18-16-23)31(37)38)34-32(39)41-20-28-26-13-7-5-11-24(26)25-12-6-8-14-27(25)28/h2-14,21,23,28-29H,15-20H2,1H3,(H,34,39)(H,37,38)/t21-,23?,29+,33?/m0/s1. The molecule has 1 aliphatic carbocycles. The predicted molar refractivity (Wildman–Crippen MR) is 152 cm³/mol. The highest BCUT2D eigenvalue weighted by molar-refractivity contribution is 5.93. The molecule has 0 spiro atoms. The van der Waals surface area contributed by atoms with E-state index in [0.29, 0.717) is 25.7 Å². The monoisotopic (exact) mass is 554 g/mol. The molecule has 0 aromatic heterocycles. The number of hydrogen-bond acceptors (Lipinski definition) is 5. The lowest BCUT2D eigenvalue weighted by Crippen LogP contribution is -2.60. The number of aliphatic carboxylic acids is 1. The minimum atomic E-state index is -1.23. The molecule has 0 radical (unpaired) electrons. The van der Waals surface area contributed by atoms with Crippen molar-refractivity contribution in [2.75, 3.05) is 6.61 Å². The molecule has 3 aliphatic rings. The summed E-state index contributed by atoms with van der Waals surface area (Å²) in [6.45, 7) is 2.07. The number of nitrogens with zero attached hydrogens (tertiary/aromatic N) is 1. The van der Waals surface area contributed by atoms with Crippen LogP contribution in [0.3, 0.4) is 0 Å². The SMILES string of the molecule is C[C@H](OCc1ccccc1)[C@@H](NC(=O)OCC1c2ccccc2-c2ccccc21)C(=O)N1C2CCC1(C(=O)O)CC2. The van der Waals surface area contributed by atoms with E-state index >= 15 is 0 Å². The zero-order valence-corrected chi connectivity index (χ0v) is 23.0. The molecule has 2 N–H and O–H groups in total. The molecule has 2 amide bonds. The number of nitrogens with one attached hydrogen (secondary N) is 1. The van der Waals surface area contributed by atoms with E-state index < -0.39 is 35.7 Å². The Morgan fingerprint density at radius 3 is 2.12 bits per heavy atom. The Kier molecular flexibility index (Phi) is 7.26. The second-order valence-corrected chi connectivity index (χ2v) is 11.2. The Morgan fingerprint density at radius 1 is 0.927 bits per heavy atom. The average molecular weight is 555 g/mol. The van der Waals surface area contributed by atoms with Crippen LogP contribution < -0.4 is 5.32 Å². The van der Waals surface area contributed by atoms with Gasteiger partial charge in [-0.2, -0.15) is 0 Å². The smallest absolute Gasteiger partial charge is 0.407 e. The summed E-state index contributed by atoms with van der Waals surface area (Å²) in [5.41, 5.74) is 4.11. The highest BCUT2D eigenvalue weighted by atomic mass is 16.5. The van der Waals surface area contributed by atoms with Gasteiger partial charge >= 0.3 is 12.1 Å². The first-order valence-corrected chi connectivity index (χ1v) is 14.2. The van der Waals surface area contributed by atoms with E-state index in [1.807, 2.05) is 66.7 Å². The molecule has 2 aliphatic heterocycles. The summed E-state index contributed by atoms with van der Waals surface area (Å²) in [5.74, 6) is -1.57. The summed E-state index contributed by atoms with van der Waals surface area (Å²) in [7, 11) is 0. The molecule has 0 unspecified atom stereocenters. The summed E-state index contributed by atoms with van der Waals surface area (Å²) in [4.78, 5) is 41.1. The fourth-order valence-electron chi connectivity index (χ4n) is 6.83. The van der Waals surface area contributed by atoms with Crippen molar-refractivity contribution >= 4 is 18.0 Å². The van der Waals surface area contributed by atoms with Crippen LogP contribution in [0.15, 0.2) is 78.9 Å². The van der Waals surface area contributed by atoms with Crippen LogP contribution in [0.5, 0.6) is 0 Å². The van der Waals surface area contributed by atoms with Crippen LogP contribution in [0.25, 0.3) is 11.1 Å².